The molecule has 0 radical (unpaired) electrons. The van der Waals surface area contributed by atoms with E-state index < -0.39 is 0 Å². The Hall–Kier alpha value is -0.570. The molecule has 0 amide bonds. The lowest BCUT2D eigenvalue weighted by atomic mass is 9.45. The highest BCUT2D eigenvalue weighted by Crippen LogP contribution is 2.63. The summed E-state index contributed by atoms with van der Waals surface area (Å²) in [5.74, 6) is 2.49. The van der Waals surface area contributed by atoms with Gasteiger partial charge in [0.15, 0.2) is 5.13 Å². The van der Waals surface area contributed by atoms with Crippen LogP contribution in [-0.4, -0.2) is 4.98 Å². The predicted molar refractivity (Wildman–Crippen MR) is 63.9 cm³/mol. The molecule has 2 nitrogen and oxygen atoms in total. The minimum atomic E-state index is 0.543. The molecule has 0 aliphatic heterocycles. The van der Waals surface area contributed by atoms with Crippen molar-refractivity contribution in [2.75, 3.05) is 5.73 Å². The standard InChI is InChI=1S/C12H18N2S/c1-12(2)7-3-4-8(9(12)5-7)10-6-15-11(13)14-10/h6-9H,3-5H2,1-2H3,(H2,13,14). The molecule has 3 saturated carbocycles. The quantitative estimate of drug-likeness (QED) is 0.792. The average Bonchev–Trinajstić information content (AvgIpc) is 2.64. The van der Waals surface area contributed by atoms with Crippen molar-refractivity contribution in [1.29, 1.82) is 0 Å². The normalized spacial score (nSPS) is 37.3. The average molecular weight is 222 g/mol. The molecule has 1 heterocycles. The molecular weight excluding hydrogens is 204 g/mol. The van der Waals surface area contributed by atoms with Crippen molar-refractivity contribution in [2.24, 2.45) is 17.3 Å². The second-order valence-corrected chi connectivity index (χ2v) is 6.54. The third kappa shape index (κ3) is 1.25. The van der Waals surface area contributed by atoms with E-state index in [2.05, 4.69) is 24.2 Å². The number of fused-ring (bicyclic) bond motifs is 2. The Kier molecular flexibility index (Phi) is 1.91. The fourth-order valence-corrected chi connectivity index (χ4v) is 4.26. The first-order chi connectivity index (χ1) is 7.09. The van der Waals surface area contributed by atoms with E-state index in [0.717, 1.165) is 17.0 Å². The second-order valence-electron chi connectivity index (χ2n) is 5.65. The van der Waals surface area contributed by atoms with Crippen LogP contribution in [0.4, 0.5) is 5.13 Å². The fraction of sp³-hybridized carbons (Fsp3) is 0.750. The summed E-state index contributed by atoms with van der Waals surface area (Å²) in [5.41, 5.74) is 7.52. The summed E-state index contributed by atoms with van der Waals surface area (Å²) in [6, 6.07) is 0. The Morgan fingerprint density at radius 3 is 2.80 bits per heavy atom. The summed E-state index contributed by atoms with van der Waals surface area (Å²) in [7, 11) is 0. The largest absolute Gasteiger partial charge is 0.375 e. The Balaban J connectivity index is 1.88. The van der Waals surface area contributed by atoms with Gasteiger partial charge in [0.2, 0.25) is 0 Å². The zero-order valence-corrected chi connectivity index (χ0v) is 10.2. The molecule has 82 valence electrons. The Morgan fingerprint density at radius 1 is 1.47 bits per heavy atom. The van der Waals surface area contributed by atoms with Crippen LogP contribution in [0.15, 0.2) is 5.38 Å². The Morgan fingerprint density at radius 2 is 2.27 bits per heavy atom. The molecule has 0 saturated heterocycles. The Labute approximate surface area is 94.9 Å². The number of nitrogen functional groups attached to an aromatic ring is 1. The summed E-state index contributed by atoms with van der Waals surface area (Å²) >= 11 is 1.58. The number of aromatic nitrogens is 1. The minimum absolute atomic E-state index is 0.543. The molecule has 3 aliphatic carbocycles. The van der Waals surface area contributed by atoms with Crippen LogP contribution < -0.4 is 5.73 Å². The summed E-state index contributed by atoms with van der Waals surface area (Å²) < 4.78 is 0. The van der Waals surface area contributed by atoms with E-state index in [1.807, 2.05) is 0 Å². The molecule has 15 heavy (non-hydrogen) atoms. The van der Waals surface area contributed by atoms with Crippen molar-refractivity contribution in [3.63, 3.8) is 0 Å². The zero-order valence-electron chi connectivity index (χ0n) is 9.36. The predicted octanol–water partition coefficient (Wildman–Crippen LogP) is 3.27. The van der Waals surface area contributed by atoms with Crippen molar-refractivity contribution >= 4 is 16.5 Å². The first-order valence-corrected chi connectivity index (χ1v) is 6.68. The van der Waals surface area contributed by atoms with Gasteiger partial charge in [0, 0.05) is 11.3 Å². The highest BCUT2D eigenvalue weighted by molar-refractivity contribution is 7.13. The van der Waals surface area contributed by atoms with Gasteiger partial charge in [-0.05, 0) is 36.5 Å². The van der Waals surface area contributed by atoms with Crippen molar-refractivity contribution in [2.45, 2.75) is 39.0 Å². The van der Waals surface area contributed by atoms with Gasteiger partial charge >= 0.3 is 0 Å². The summed E-state index contributed by atoms with van der Waals surface area (Å²) in [6.07, 6.45) is 4.11. The lowest BCUT2D eigenvalue weighted by molar-refractivity contribution is -0.0812. The van der Waals surface area contributed by atoms with Crippen LogP contribution in [0.2, 0.25) is 0 Å². The molecule has 3 atom stereocenters. The van der Waals surface area contributed by atoms with Crippen LogP contribution >= 0.6 is 11.3 Å². The molecule has 2 N–H and O–H groups in total. The number of hydrogen-bond donors (Lipinski definition) is 1. The van der Waals surface area contributed by atoms with E-state index in [1.54, 1.807) is 11.3 Å². The van der Waals surface area contributed by atoms with Gasteiger partial charge in [0.05, 0.1) is 5.69 Å². The first kappa shape index (κ1) is 9.64. The molecular formula is C12H18N2S. The SMILES string of the molecule is CC1(C)C2CCC(c3csc(N)n3)C1C2. The van der Waals surface area contributed by atoms with Crippen molar-refractivity contribution in [1.82, 2.24) is 4.98 Å². The number of anilines is 1. The monoisotopic (exact) mass is 222 g/mol. The van der Waals surface area contributed by atoms with Gasteiger partial charge in [0.25, 0.3) is 0 Å². The maximum atomic E-state index is 5.72. The summed E-state index contributed by atoms with van der Waals surface area (Å²) in [6.45, 7) is 4.85. The third-order valence-corrected chi connectivity index (χ3v) is 5.47. The number of hydrogen-bond acceptors (Lipinski definition) is 3. The van der Waals surface area contributed by atoms with Crippen LogP contribution in [0.3, 0.4) is 0 Å². The van der Waals surface area contributed by atoms with Gasteiger partial charge in [-0.1, -0.05) is 13.8 Å². The van der Waals surface area contributed by atoms with Crippen LogP contribution in [0, 0.1) is 17.3 Å². The van der Waals surface area contributed by atoms with Crippen LogP contribution in [0.5, 0.6) is 0 Å². The molecule has 1 aromatic heterocycles. The smallest absolute Gasteiger partial charge is 0.180 e. The van der Waals surface area contributed by atoms with Crippen molar-refractivity contribution < 1.29 is 0 Å². The number of nitrogens with zero attached hydrogens (tertiary/aromatic N) is 1. The number of rotatable bonds is 1. The molecule has 3 unspecified atom stereocenters. The van der Waals surface area contributed by atoms with E-state index in [1.165, 1.54) is 25.0 Å². The molecule has 0 spiro atoms. The number of nitrogens with two attached hydrogens (primary N) is 1. The van der Waals surface area contributed by atoms with Crippen LogP contribution in [0.25, 0.3) is 0 Å². The topological polar surface area (TPSA) is 38.9 Å². The van der Waals surface area contributed by atoms with Crippen molar-refractivity contribution in [3.8, 4) is 0 Å². The lowest BCUT2D eigenvalue weighted by Crippen LogP contribution is -2.51. The maximum Gasteiger partial charge on any atom is 0.180 e. The lowest BCUT2D eigenvalue weighted by Gasteiger charge is -2.59. The molecule has 3 aliphatic rings. The van der Waals surface area contributed by atoms with Gasteiger partial charge in [-0.2, -0.15) is 0 Å². The van der Waals surface area contributed by atoms with E-state index in [-0.39, 0.29) is 0 Å². The van der Waals surface area contributed by atoms with Crippen molar-refractivity contribution in [3.05, 3.63) is 11.1 Å². The van der Waals surface area contributed by atoms with E-state index in [0.29, 0.717) is 11.3 Å². The van der Waals surface area contributed by atoms with E-state index in [4.69, 9.17) is 5.73 Å². The van der Waals surface area contributed by atoms with Gasteiger partial charge in [-0.25, -0.2) is 4.98 Å². The molecule has 3 fully saturated rings. The fourth-order valence-electron chi connectivity index (χ4n) is 3.64. The molecule has 3 heteroatoms. The minimum Gasteiger partial charge on any atom is -0.375 e. The summed E-state index contributed by atoms with van der Waals surface area (Å²) in [4.78, 5) is 4.47. The highest BCUT2D eigenvalue weighted by atomic mass is 32.1. The van der Waals surface area contributed by atoms with Gasteiger partial charge < -0.3 is 5.73 Å². The van der Waals surface area contributed by atoms with Crippen LogP contribution in [0.1, 0.15) is 44.7 Å². The first-order valence-electron chi connectivity index (χ1n) is 5.80. The maximum absolute atomic E-state index is 5.72. The third-order valence-electron chi connectivity index (χ3n) is 4.78. The summed E-state index contributed by atoms with van der Waals surface area (Å²) in [5, 5.41) is 2.89. The van der Waals surface area contributed by atoms with E-state index >= 15 is 0 Å². The van der Waals surface area contributed by atoms with Gasteiger partial charge in [-0.3, -0.25) is 0 Å². The molecule has 4 rings (SSSR count). The Bertz CT molecular complexity index is 381. The molecule has 0 aromatic carbocycles. The van der Waals surface area contributed by atoms with Gasteiger partial charge in [0.1, 0.15) is 0 Å². The van der Waals surface area contributed by atoms with Crippen LogP contribution in [-0.2, 0) is 0 Å². The zero-order chi connectivity index (χ0) is 10.6. The molecule has 1 aromatic rings. The van der Waals surface area contributed by atoms with E-state index in [9.17, 15) is 0 Å². The number of thiazole rings is 1. The second kappa shape index (κ2) is 2.97. The highest BCUT2D eigenvalue weighted by Gasteiger charge is 2.54. The molecule has 2 bridgehead atoms. The van der Waals surface area contributed by atoms with Gasteiger partial charge in [-0.15, -0.1) is 11.3 Å².